The summed E-state index contributed by atoms with van der Waals surface area (Å²) in [6.45, 7) is -0.0465. The number of benzene rings is 1. The standard InChI is InChI=1S/C19H15F3N2O4S/c1-28-18(27)11-4-5-13-14(17(26)19(20,21)22)9-24(15(13)7-11)10-16(25)23-8-12-3-2-6-29-12/h2-7,9H,8,10H2,1H3,(H,23,25). The van der Waals surface area contributed by atoms with E-state index < -0.39 is 29.4 Å². The van der Waals surface area contributed by atoms with Gasteiger partial charge in [0, 0.05) is 16.5 Å². The second-order valence-electron chi connectivity index (χ2n) is 6.08. The van der Waals surface area contributed by atoms with Gasteiger partial charge in [-0.2, -0.15) is 13.2 Å². The smallest absolute Gasteiger partial charge is 0.454 e. The molecule has 0 aliphatic rings. The van der Waals surface area contributed by atoms with Crippen LogP contribution in [0.1, 0.15) is 25.6 Å². The molecule has 0 aliphatic heterocycles. The molecule has 0 radical (unpaired) electrons. The molecular weight excluding hydrogens is 409 g/mol. The van der Waals surface area contributed by atoms with Gasteiger partial charge in [-0.25, -0.2) is 4.79 Å². The van der Waals surface area contributed by atoms with Crippen LogP contribution < -0.4 is 5.32 Å². The van der Waals surface area contributed by atoms with E-state index in [1.54, 1.807) is 0 Å². The molecule has 2 heterocycles. The average Bonchev–Trinajstić information content (AvgIpc) is 3.32. The number of amides is 1. The average molecular weight is 424 g/mol. The number of hydrogen-bond acceptors (Lipinski definition) is 5. The van der Waals surface area contributed by atoms with E-state index in [0.29, 0.717) is 0 Å². The molecule has 0 spiro atoms. The van der Waals surface area contributed by atoms with E-state index in [2.05, 4.69) is 10.1 Å². The summed E-state index contributed by atoms with van der Waals surface area (Å²) in [5.74, 6) is -3.17. The highest BCUT2D eigenvalue weighted by Crippen LogP contribution is 2.29. The lowest BCUT2D eigenvalue weighted by atomic mass is 10.1. The highest BCUT2D eigenvalue weighted by Gasteiger charge is 2.41. The summed E-state index contributed by atoms with van der Waals surface area (Å²) in [5, 5.41) is 4.51. The van der Waals surface area contributed by atoms with Gasteiger partial charge in [0.15, 0.2) is 0 Å². The van der Waals surface area contributed by atoms with Crippen molar-refractivity contribution < 1.29 is 32.3 Å². The van der Waals surface area contributed by atoms with Gasteiger partial charge in [-0.15, -0.1) is 11.3 Å². The quantitative estimate of drug-likeness (QED) is 0.485. The van der Waals surface area contributed by atoms with E-state index in [4.69, 9.17) is 0 Å². The Hall–Kier alpha value is -3.14. The number of fused-ring (bicyclic) bond motifs is 1. The molecule has 3 rings (SSSR count). The van der Waals surface area contributed by atoms with Crippen molar-refractivity contribution in [2.24, 2.45) is 0 Å². The second-order valence-corrected chi connectivity index (χ2v) is 7.11. The molecule has 0 atom stereocenters. The predicted molar refractivity (Wildman–Crippen MR) is 99.8 cm³/mol. The summed E-state index contributed by atoms with van der Waals surface area (Å²) in [6.07, 6.45) is -4.09. The third-order valence-corrected chi connectivity index (χ3v) is 5.04. The summed E-state index contributed by atoms with van der Waals surface area (Å²) in [4.78, 5) is 36.8. The van der Waals surface area contributed by atoms with Crippen LogP contribution >= 0.6 is 11.3 Å². The topological polar surface area (TPSA) is 77.4 Å². The zero-order valence-electron chi connectivity index (χ0n) is 15.1. The Bertz CT molecular complexity index is 1070. The van der Waals surface area contributed by atoms with Crippen molar-refractivity contribution in [3.05, 3.63) is 57.9 Å². The molecule has 1 amide bonds. The molecule has 2 aromatic heterocycles. The number of halogens is 3. The number of rotatable bonds is 6. The summed E-state index contributed by atoms with van der Waals surface area (Å²) in [7, 11) is 1.17. The van der Waals surface area contributed by atoms with E-state index in [1.807, 2.05) is 17.5 Å². The fourth-order valence-electron chi connectivity index (χ4n) is 2.81. The number of alkyl halides is 3. The molecule has 0 saturated carbocycles. The Morgan fingerprint density at radius 2 is 1.97 bits per heavy atom. The summed E-state index contributed by atoms with van der Waals surface area (Å²) >= 11 is 1.45. The van der Waals surface area contributed by atoms with Crippen molar-refractivity contribution in [1.29, 1.82) is 0 Å². The monoisotopic (exact) mass is 424 g/mol. The van der Waals surface area contributed by atoms with Gasteiger partial charge < -0.3 is 14.6 Å². The van der Waals surface area contributed by atoms with Gasteiger partial charge in [0.05, 0.1) is 30.3 Å². The Morgan fingerprint density at radius 1 is 1.21 bits per heavy atom. The first-order chi connectivity index (χ1) is 13.7. The molecule has 0 fully saturated rings. The van der Waals surface area contributed by atoms with Gasteiger partial charge in [-0.05, 0) is 23.6 Å². The predicted octanol–water partition coefficient (Wildman–Crippen LogP) is 3.55. The Labute approximate surface area is 166 Å². The van der Waals surface area contributed by atoms with Crippen LogP contribution in [-0.4, -0.2) is 35.5 Å². The maximum absolute atomic E-state index is 13.0. The van der Waals surface area contributed by atoms with Crippen molar-refractivity contribution in [2.45, 2.75) is 19.3 Å². The fraction of sp³-hybridized carbons (Fsp3) is 0.211. The van der Waals surface area contributed by atoms with Crippen molar-refractivity contribution in [3.63, 3.8) is 0 Å². The van der Waals surface area contributed by atoms with Crippen LogP contribution in [0.3, 0.4) is 0 Å². The molecule has 1 aromatic carbocycles. The van der Waals surface area contributed by atoms with Crippen molar-refractivity contribution in [2.75, 3.05) is 7.11 Å². The van der Waals surface area contributed by atoms with Gasteiger partial charge in [-0.1, -0.05) is 12.1 Å². The molecule has 0 aliphatic carbocycles. The number of nitrogens with zero attached hydrogens (tertiary/aromatic N) is 1. The minimum Gasteiger partial charge on any atom is -0.465 e. The van der Waals surface area contributed by atoms with Crippen LogP contribution in [0.4, 0.5) is 13.2 Å². The highest BCUT2D eigenvalue weighted by molar-refractivity contribution is 7.09. The SMILES string of the molecule is COC(=O)c1ccc2c(C(=O)C(F)(F)F)cn(CC(=O)NCc3cccs3)c2c1. The lowest BCUT2D eigenvalue weighted by molar-refractivity contribution is -0.121. The van der Waals surface area contributed by atoms with Gasteiger partial charge in [-0.3, -0.25) is 9.59 Å². The number of hydrogen-bond donors (Lipinski definition) is 1. The number of esters is 1. The number of methoxy groups -OCH3 is 1. The fourth-order valence-corrected chi connectivity index (χ4v) is 3.46. The molecule has 3 aromatic rings. The largest absolute Gasteiger partial charge is 0.465 e. The van der Waals surface area contributed by atoms with E-state index in [0.717, 1.165) is 11.1 Å². The number of thiophene rings is 1. The number of ketones is 1. The lowest BCUT2D eigenvalue weighted by Gasteiger charge is -2.07. The molecule has 29 heavy (non-hydrogen) atoms. The second kappa shape index (κ2) is 8.08. The molecule has 6 nitrogen and oxygen atoms in total. The number of carbonyl (C=O) groups excluding carboxylic acids is 3. The first-order valence-electron chi connectivity index (χ1n) is 8.32. The van der Waals surface area contributed by atoms with E-state index in [9.17, 15) is 27.6 Å². The van der Waals surface area contributed by atoms with Crippen LogP contribution in [0.2, 0.25) is 0 Å². The van der Waals surface area contributed by atoms with Gasteiger partial charge >= 0.3 is 12.1 Å². The van der Waals surface area contributed by atoms with Gasteiger partial charge in [0.2, 0.25) is 5.91 Å². The molecule has 10 heteroatoms. The van der Waals surface area contributed by atoms with Gasteiger partial charge in [0.25, 0.3) is 5.78 Å². The van der Waals surface area contributed by atoms with Crippen molar-refractivity contribution in [3.8, 4) is 0 Å². The summed E-state index contributed by atoms with van der Waals surface area (Å²) in [6, 6.07) is 7.46. The zero-order chi connectivity index (χ0) is 21.2. The molecule has 152 valence electrons. The lowest BCUT2D eigenvalue weighted by Crippen LogP contribution is -2.26. The van der Waals surface area contributed by atoms with Crippen LogP contribution in [-0.2, 0) is 22.6 Å². The molecule has 0 bridgehead atoms. The van der Waals surface area contributed by atoms with Crippen molar-refractivity contribution in [1.82, 2.24) is 9.88 Å². The van der Waals surface area contributed by atoms with Crippen LogP contribution in [0.25, 0.3) is 10.9 Å². The van der Waals surface area contributed by atoms with Crippen LogP contribution in [0.5, 0.6) is 0 Å². The Balaban J connectivity index is 1.96. The zero-order valence-corrected chi connectivity index (χ0v) is 15.9. The molecule has 0 saturated heterocycles. The summed E-state index contributed by atoms with van der Waals surface area (Å²) in [5.41, 5.74) is -0.355. The normalized spacial score (nSPS) is 11.4. The summed E-state index contributed by atoms with van der Waals surface area (Å²) < 4.78 is 44.7. The Morgan fingerprint density at radius 3 is 2.59 bits per heavy atom. The molecular formula is C19H15F3N2O4S. The van der Waals surface area contributed by atoms with E-state index >= 15 is 0 Å². The third-order valence-electron chi connectivity index (χ3n) is 4.16. The van der Waals surface area contributed by atoms with Crippen LogP contribution in [0.15, 0.2) is 41.9 Å². The first kappa shape index (κ1) is 20.6. The maximum atomic E-state index is 13.0. The van der Waals surface area contributed by atoms with Crippen molar-refractivity contribution >= 4 is 39.9 Å². The minimum atomic E-state index is -5.07. The highest BCUT2D eigenvalue weighted by atomic mass is 32.1. The molecule has 1 N–H and O–H groups in total. The number of nitrogens with one attached hydrogen (secondary N) is 1. The number of ether oxygens (including phenoxy) is 1. The molecule has 0 unspecified atom stereocenters. The van der Waals surface area contributed by atoms with E-state index in [-0.39, 0.29) is 29.6 Å². The third kappa shape index (κ3) is 4.48. The van der Waals surface area contributed by atoms with Gasteiger partial charge in [0.1, 0.15) is 6.54 Å². The number of Topliss-reactive ketones (excluding diaryl/α,β-unsaturated/α-hetero) is 1. The Kier molecular flexibility index (Phi) is 5.73. The number of aromatic nitrogens is 1. The van der Waals surface area contributed by atoms with E-state index in [1.165, 1.54) is 41.2 Å². The maximum Gasteiger partial charge on any atom is 0.454 e. The number of carbonyl (C=O) groups is 3. The first-order valence-corrected chi connectivity index (χ1v) is 9.20. The minimum absolute atomic E-state index is 0.00830. The van der Waals surface area contributed by atoms with Crippen LogP contribution in [0, 0.1) is 0 Å².